The normalized spacial score (nSPS) is 16.5. The molecule has 2 rings (SSSR count). The maximum absolute atomic E-state index is 12.0. The summed E-state index contributed by atoms with van der Waals surface area (Å²) in [5.41, 5.74) is -0.449. The highest BCUT2D eigenvalue weighted by Crippen LogP contribution is 2.25. The van der Waals surface area contributed by atoms with E-state index in [9.17, 15) is 4.79 Å². The summed E-state index contributed by atoms with van der Waals surface area (Å²) in [5, 5.41) is 0.522. The maximum atomic E-state index is 12.0. The van der Waals surface area contributed by atoms with E-state index in [0.29, 0.717) is 36.4 Å². The van der Waals surface area contributed by atoms with Crippen LogP contribution in [-0.2, 0) is 4.74 Å². The number of hydrogen-bond acceptors (Lipinski definition) is 4. The van der Waals surface area contributed by atoms with E-state index < -0.39 is 5.60 Å². The van der Waals surface area contributed by atoms with Gasteiger partial charge in [-0.25, -0.2) is 4.79 Å². The molecule has 22 heavy (non-hydrogen) atoms. The highest BCUT2D eigenvalue weighted by molar-refractivity contribution is 6.31. The van der Waals surface area contributed by atoms with Crippen LogP contribution >= 0.6 is 11.6 Å². The quantitative estimate of drug-likeness (QED) is 0.848. The Morgan fingerprint density at radius 1 is 1.41 bits per heavy atom. The molecule has 122 valence electrons. The third-order valence-corrected chi connectivity index (χ3v) is 3.76. The lowest BCUT2D eigenvalue weighted by Crippen LogP contribution is -2.42. The van der Waals surface area contributed by atoms with Crippen LogP contribution in [0.1, 0.15) is 33.6 Å². The van der Waals surface area contributed by atoms with Gasteiger partial charge >= 0.3 is 6.09 Å². The van der Waals surface area contributed by atoms with E-state index in [1.54, 1.807) is 23.4 Å². The smallest absolute Gasteiger partial charge is 0.410 e. The summed E-state index contributed by atoms with van der Waals surface area (Å²) in [7, 11) is 0. The van der Waals surface area contributed by atoms with Crippen molar-refractivity contribution >= 4 is 17.7 Å². The summed E-state index contributed by atoms with van der Waals surface area (Å²) < 4.78 is 11.1. The number of carbonyl (C=O) groups is 1. The number of hydrogen-bond donors (Lipinski definition) is 0. The fraction of sp³-hybridized carbons (Fsp3) is 0.625. The summed E-state index contributed by atoms with van der Waals surface area (Å²) in [5.74, 6) is 1.08. The van der Waals surface area contributed by atoms with Crippen LogP contribution in [0.15, 0.2) is 18.5 Å². The number of ether oxygens (including phenoxy) is 2. The molecular weight excluding hydrogens is 304 g/mol. The van der Waals surface area contributed by atoms with Crippen molar-refractivity contribution < 1.29 is 14.3 Å². The number of likely N-dealkylation sites (tertiary alicyclic amines) is 1. The maximum Gasteiger partial charge on any atom is 0.410 e. The van der Waals surface area contributed by atoms with E-state index in [2.05, 4.69) is 4.98 Å². The van der Waals surface area contributed by atoms with Crippen molar-refractivity contribution in [1.82, 2.24) is 9.88 Å². The Balaban J connectivity index is 1.76. The molecule has 0 spiro atoms. The Bertz CT molecular complexity index is 508. The molecule has 1 aliphatic rings. The summed E-state index contributed by atoms with van der Waals surface area (Å²) in [6.07, 6.45) is 4.81. The van der Waals surface area contributed by atoms with Gasteiger partial charge in [0.25, 0.3) is 0 Å². The molecule has 1 amide bonds. The van der Waals surface area contributed by atoms with Crippen molar-refractivity contribution in [3.8, 4) is 5.75 Å². The Kier molecular flexibility index (Phi) is 5.51. The second-order valence-corrected chi connectivity index (χ2v) is 6.94. The Hall–Kier alpha value is -1.49. The molecule has 1 aromatic rings. The van der Waals surface area contributed by atoms with Crippen LogP contribution in [0.5, 0.6) is 5.75 Å². The van der Waals surface area contributed by atoms with Gasteiger partial charge in [-0.2, -0.15) is 0 Å². The molecule has 1 fully saturated rings. The van der Waals surface area contributed by atoms with Crippen LogP contribution in [0.2, 0.25) is 5.02 Å². The van der Waals surface area contributed by atoms with Gasteiger partial charge in [0, 0.05) is 31.5 Å². The number of pyridine rings is 1. The molecule has 1 aromatic heterocycles. The lowest BCUT2D eigenvalue weighted by atomic mass is 9.98. The number of halogens is 1. The summed E-state index contributed by atoms with van der Waals surface area (Å²) in [4.78, 5) is 17.7. The van der Waals surface area contributed by atoms with Crippen molar-refractivity contribution in [2.45, 2.75) is 39.2 Å². The van der Waals surface area contributed by atoms with Gasteiger partial charge in [-0.15, -0.1) is 0 Å². The number of amides is 1. The molecule has 0 saturated carbocycles. The lowest BCUT2D eigenvalue weighted by Gasteiger charge is -2.33. The summed E-state index contributed by atoms with van der Waals surface area (Å²) in [6, 6.07) is 1.76. The van der Waals surface area contributed by atoms with Gasteiger partial charge in [-0.05, 0) is 39.5 Å². The topological polar surface area (TPSA) is 51.7 Å². The third-order valence-electron chi connectivity index (χ3n) is 3.48. The highest BCUT2D eigenvalue weighted by atomic mass is 35.5. The van der Waals surface area contributed by atoms with Crippen LogP contribution in [0, 0.1) is 5.92 Å². The molecule has 0 atom stereocenters. The molecule has 1 aliphatic heterocycles. The first kappa shape index (κ1) is 16.9. The van der Waals surface area contributed by atoms with E-state index in [4.69, 9.17) is 21.1 Å². The van der Waals surface area contributed by atoms with E-state index >= 15 is 0 Å². The van der Waals surface area contributed by atoms with E-state index in [1.165, 1.54) is 0 Å². The Morgan fingerprint density at radius 3 is 2.68 bits per heavy atom. The van der Waals surface area contributed by atoms with Crippen LogP contribution < -0.4 is 4.74 Å². The second kappa shape index (κ2) is 7.18. The van der Waals surface area contributed by atoms with Gasteiger partial charge in [0.2, 0.25) is 0 Å². The summed E-state index contributed by atoms with van der Waals surface area (Å²) in [6.45, 7) is 7.64. The van der Waals surface area contributed by atoms with Gasteiger partial charge in [0.15, 0.2) is 0 Å². The number of piperidine rings is 1. The molecule has 0 unspecified atom stereocenters. The molecular formula is C16H23ClN2O3. The van der Waals surface area contributed by atoms with Crippen molar-refractivity contribution in [3.63, 3.8) is 0 Å². The van der Waals surface area contributed by atoms with Gasteiger partial charge in [0.05, 0.1) is 6.61 Å². The first-order valence-corrected chi connectivity index (χ1v) is 7.93. The van der Waals surface area contributed by atoms with Crippen molar-refractivity contribution in [3.05, 3.63) is 23.5 Å². The largest absolute Gasteiger partial charge is 0.492 e. The first-order chi connectivity index (χ1) is 10.3. The lowest BCUT2D eigenvalue weighted by molar-refractivity contribution is 0.0165. The fourth-order valence-electron chi connectivity index (χ4n) is 2.30. The van der Waals surface area contributed by atoms with Crippen LogP contribution in [-0.4, -0.2) is 41.3 Å². The van der Waals surface area contributed by atoms with Gasteiger partial charge < -0.3 is 14.4 Å². The zero-order valence-electron chi connectivity index (χ0n) is 13.3. The van der Waals surface area contributed by atoms with Crippen molar-refractivity contribution in [1.29, 1.82) is 0 Å². The number of aromatic nitrogens is 1. The second-order valence-electron chi connectivity index (χ2n) is 6.53. The average molecular weight is 327 g/mol. The monoisotopic (exact) mass is 326 g/mol. The van der Waals surface area contributed by atoms with Gasteiger partial charge in [-0.3, -0.25) is 4.98 Å². The Labute approximate surface area is 136 Å². The molecule has 2 heterocycles. The molecule has 0 bridgehead atoms. The average Bonchev–Trinajstić information content (AvgIpc) is 2.45. The highest BCUT2D eigenvalue weighted by Gasteiger charge is 2.27. The van der Waals surface area contributed by atoms with Crippen molar-refractivity contribution in [2.24, 2.45) is 5.92 Å². The molecule has 1 saturated heterocycles. The van der Waals surface area contributed by atoms with Gasteiger partial charge in [0.1, 0.15) is 16.4 Å². The standard InChI is InChI=1S/C16H23ClN2O3/c1-16(2,3)22-15(20)19-8-5-12(6-9-19)11-21-14-4-7-18-10-13(14)17/h4,7,10,12H,5-6,8-9,11H2,1-3H3. The zero-order valence-corrected chi connectivity index (χ0v) is 14.1. The molecule has 6 heteroatoms. The molecule has 0 radical (unpaired) electrons. The minimum absolute atomic E-state index is 0.232. The molecule has 0 aromatic carbocycles. The Morgan fingerprint density at radius 2 is 2.09 bits per heavy atom. The predicted molar refractivity (Wildman–Crippen MR) is 85.3 cm³/mol. The number of nitrogens with zero attached hydrogens (tertiary/aromatic N) is 2. The molecule has 0 N–H and O–H groups in total. The minimum atomic E-state index is -0.449. The number of carbonyl (C=O) groups excluding carboxylic acids is 1. The fourth-order valence-corrected chi connectivity index (χ4v) is 2.47. The molecule has 5 nitrogen and oxygen atoms in total. The van der Waals surface area contributed by atoms with Crippen molar-refractivity contribution in [2.75, 3.05) is 19.7 Å². The van der Waals surface area contributed by atoms with Crippen LogP contribution in [0.25, 0.3) is 0 Å². The SMILES string of the molecule is CC(C)(C)OC(=O)N1CCC(COc2ccncc2Cl)CC1. The number of rotatable bonds is 3. The zero-order chi connectivity index (χ0) is 16.2. The minimum Gasteiger partial charge on any atom is -0.492 e. The summed E-state index contributed by atoms with van der Waals surface area (Å²) >= 11 is 6.01. The van der Waals surface area contributed by atoms with E-state index in [-0.39, 0.29) is 6.09 Å². The molecule has 0 aliphatic carbocycles. The predicted octanol–water partition coefficient (Wildman–Crippen LogP) is 3.76. The van der Waals surface area contributed by atoms with Gasteiger partial charge in [-0.1, -0.05) is 11.6 Å². The first-order valence-electron chi connectivity index (χ1n) is 7.55. The van der Waals surface area contributed by atoms with E-state index in [0.717, 1.165) is 12.8 Å². The third kappa shape index (κ3) is 5.05. The van der Waals surface area contributed by atoms with E-state index in [1.807, 2.05) is 20.8 Å². The van der Waals surface area contributed by atoms with Crippen LogP contribution in [0.4, 0.5) is 4.79 Å². The van der Waals surface area contributed by atoms with Crippen LogP contribution in [0.3, 0.4) is 0 Å².